The summed E-state index contributed by atoms with van der Waals surface area (Å²) in [6, 6.07) is 14.7. The fourth-order valence-electron chi connectivity index (χ4n) is 3.81. The van der Waals surface area contributed by atoms with Crippen molar-refractivity contribution in [3.05, 3.63) is 59.7 Å². The van der Waals surface area contributed by atoms with Crippen molar-refractivity contribution in [2.45, 2.75) is 31.2 Å². The Morgan fingerprint density at radius 3 is 2.18 bits per heavy atom. The molecule has 2 aromatic rings. The Balaban J connectivity index is 1.41. The van der Waals surface area contributed by atoms with E-state index in [1.54, 1.807) is 0 Å². The van der Waals surface area contributed by atoms with Crippen LogP contribution < -0.4 is 10.6 Å². The number of benzene rings is 2. The van der Waals surface area contributed by atoms with Crippen molar-refractivity contribution in [2.75, 3.05) is 20.3 Å². The Bertz CT molecular complexity index is 991. The van der Waals surface area contributed by atoms with Crippen molar-refractivity contribution in [3.63, 3.8) is 0 Å². The minimum Gasteiger partial charge on any atom is -0.480 e. The molecule has 0 saturated carbocycles. The molecule has 0 spiro atoms. The van der Waals surface area contributed by atoms with Gasteiger partial charge in [0.15, 0.2) is 0 Å². The zero-order chi connectivity index (χ0) is 23.8. The van der Waals surface area contributed by atoms with Crippen LogP contribution in [0.3, 0.4) is 0 Å². The molecule has 3 rings (SSSR count). The van der Waals surface area contributed by atoms with Gasteiger partial charge in [-0.25, -0.2) is 9.59 Å². The number of carboxylic acids is 1. The van der Waals surface area contributed by atoms with Gasteiger partial charge in [0.25, 0.3) is 0 Å². The number of nitrogens with one attached hydrogen (secondary N) is 2. The third-order valence-electron chi connectivity index (χ3n) is 5.43. The van der Waals surface area contributed by atoms with E-state index in [0.29, 0.717) is 0 Å². The number of ether oxygens (including phenoxy) is 2. The fraction of sp³-hybridized carbons (Fsp3) is 0.333. The topological polar surface area (TPSA) is 131 Å². The number of aliphatic carboxylic acids is 1. The summed E-state index contributed by atoms with van der Waals surface area (Å²) >= 11 is 0. The number of carbonyl (C=O) groups excluding carboxylic acids is 3. The number of esters is 1. The van der Waals surface area contributed by atoms with Crippen molar-refractivity contribution in [3.8, 4) is 11.1 Å². The molecule has 174 valence electrons. The molecule has 3 N–H and O–H groups in total. The lowest BCUT2D eigenvalue weighted by Crippen LogP contribution is -2.42. The largest absolute Gasteiger partial charge is 0.480 e. The van der Waals surface area contributed by atoms with E-state index in [0.717, 1.165) is 29.4 Å². The van der Waals surface area contributed by atoms with Crippen molar-refractivity contribution in [1.82, 2.24) is 10.6 Å². The van der Waals surface area contributed by atoms with E-state index >= 15 is 0 Å². The standard InChI is InChI=1S/C24H26N2O7/c1-32-22(28)13-20(23(29)30)26-21(27)11-6-12-25-24(31)33-14-19-17-9-4-2-7-15(17)16-8-3-5-10-18(16)19/h2-5,7-10,19-20H,6,11-14H2,1H3,(H,25,31)(H,26,27)(H,29,30)/t20-/m1/s1. The van der Waals surface area contributed by atoms with Crippen LogP contribution in [0.2, 0.25) is 0 Å². The summed E-state index contributed by atoms with van der Waals surface area (Å²) in [5.74, 6) is -2.65. The lowest BCUT2D eigenvalue weighted by Gasteiger charge is -2.15. The smallest absolute Gasteiger partial charge is 0.407 e. The van der Waals surface area contributed by atoms with Crippen molar-refractivity contribution in [2.24, 2.45) is 0 Å². The predicted octanol–water partition coefficient (Wildman–Crippen LogP) is 2.44. The summed E-state index contributed by atoms with van der Waals surface area (Å²) in [4.78, 5) is 46.4. The first-order chi connectivity index (χ1) is 15.9. The first kappa shape index (κ1) is 23.8. The van der Waals surface area contributed by atoms with Crippen LogP contribution in [0.4, 0.5) is 4.79 Å². The second-order valence-electron chi connectivity index (χ2n) is 7.59. The maximum atomic E-state index is 12.1. The Morgan fingerprint density at radius 2 is 1.61 bits per heavy atom. The summed E-state index contributed by atoms with van der Waals surface area (Å²) < 4.78 is 9.84. The van der Waals surface area contributed by atoms with Gasteiger partial charge in [-0.2, -0.15) is 0 Å². The molecule has 1 aliphatic carbocycles. The highest BCUT2D eigenvalue weighted by molar-refractivity contribution is 5.87. The number of carboxylic acid groups (broad SMARTS) is 1. The first-order valence-corrected chi connectivity index (χ1v) is 10.6. The van der Waals surface area contributed by atoms with Crippen LogP contribution in [0.1, 0.15) is 36.3 Å². The van der Waals surface area contributed by atoms with Crippen LogP contribution >= 0.6 is 0 Å². The third-order valence-corrected chi connectivity index (χ3v) is 5.43. The average Bonchev–Trinajstić information content (AvgIpc) is 3.13. The van der Waals surface area contributed by atoms with E-state index in [2.05, 4.69) is 27.5 Å². The number of fused-ring (bicyclic) bond motifs is 3. The van der Waals surface area contributed by atoms with E-state index in [9.17, 15) is 19.2 Å². The molecule has 2 aromatic carbocycles. The Hall–Kier alpha value is -3.88. The van der Waals surface area contributed by atoms with Crippen LogP contribution in [0.15, 0.2) is 48.5 Å². The molecule has 2 amide bonds. The molecule has 1 aliphatic rings. The minimum atomic E-state index is -1.36. The minimum absolute atomic E-state index is 0.0192. The number of rotatable bonds is 10. The van der Waals surface area contributed by atoms with Gasteiger partial charge < -0.3 is 25.2 Å². The second-order valence-corrected chi connectivity index (χ2v) is 7.59. The lowest BCUT2D eigenvalue weighted by atomic mass is 9.98. The highest BCUT2D eigenvalue weighted by atomic mass is 16.5. The molecule has 9 heteroatoms. The molecule has 0 saturated heterocycles. The summed E-state index contributed by atoms with van der Waals surface area (Å²) in [7, 11) is 1.14. The van der Waals surface area contributed by atoms with Crippen LogP contribution in [-0.4, -0.2) is 55.3 Å². The van der Waals surface area contributed by atoms with Gasteiger partial charge in [-0.05, 0) is 28.7 Å². The van der Waals surface area contributed by atoms with Crippen LogP contribution in [0.25, 0.3) is 11.1 Å². The zero-order valence-corrected chi connectivity index (χ0v) is 18.2. The highest BCUT2D eigenvalue weighted by Crippen LogP contribution is 2.44. The average molecular weight is 454 g/mol. The molecule has 0 bridgehead atoms. The molecule has 0 aliphatic heterocycles. The van der Waals surface area contributed by atoms with Gasteiger partial charge in [-0.1, -0.05) is 48.5 Å². The Kier molecular flexibility index (Phi) is 8.01. The molecule has 0 heterocycles. The molecule has 1 atom stereocenters. The lowest BCUT2D eigenvalue weighted by molar-refractivity contribution is -0.148. The molecule has 0 aromatic heterocycles. The summed E-state index contributed by atoms with van der Waals surface area (Å²) in [6.45, 7) is 0.368. The second kappa shape index (κ2) is 11.1. The van der Waals surface area contributed by atoms with Crippen LogP contribution in [0, 0.1) is 0 Å². The van der Waals surface area contributed by atoms with Crippen molar-refractivity contribution in [1.29, 1.82) is 0 Å². The Morgan fingerprint density at radius 1 is 1.00 bits per heavy atom. The van der Waals surface area contributed by atoms with E-state index in [1.807, 2.05) is 36.4 Å². The van der Waals surface area contributed by atoms with Gasteiger partial charge in [0.2, 0.25) is 5.91 Å². The van der Waals surface area contributed by atoms with E-state index in [1.165, 1.54) is 0 Å². The quantitative estimate of drug-likeness (QED) is 0.371. The maximum absolute atomic E-state index is 12.1. The van der Waals surface area contributed by atoms with Gasteiger partial charge in [-0.15, -0.1) is 0 Å². The van der Waals surface area contributed by atoms with Gasteiger partial charge in [0.05, 0.1) is 13.5 Å². The van der Waals surface area contributed by atoms with Gasteiger partial charge in [0.1, 0.15) is 12.6 Å². The van der Waals surface area contributed by atoms with Crippen LogP contribution in [0.5, 0.6) is 0 Å². The van der Waals surface area contributed by atoms with Gasteiger partial charge in [-0.3, -0.25) is 9.59 Å². The molecule has 33 heavy (non-hydrogen) atoms. The number of hydrogen-bond donors (Lipinski definition) is 3. The van der Waals surface area contributed by atoms with Crippen molar-refractivity contribution >= 4 is 23.9 Å². The molecule has 0 fully saturated rings. The fourth-order valence-corrected chi connectivity index (χ4v) is 3.81. The monoisotopic (exact) mass is 454 g/mol. The third kappa shape index (κ3) is 6.09. The SMILES string of the molecule is COC(=O)C[C@@H](NC(=O)CCCNC(=O)OCC1c2ccccc2-c2ccccc21)C(=O)O. The number of carbonyl (C=O) groups is 4. The predicted molar refractivity (Wildman–Crippen MR) is 119 cm³/mol. The zero-order valence-electron chi connectivity index (χ0n) is 18.2. The van der Waals surface area contributed by atoms with E-state index in [4.69, 9.17) is 9.84 Å². The van der Waals surface area contributed by atoms with Gasteiger partial charge >= 0.3 is 18.0 Å². The summed E-state index contributed by atoms with van der Waals surface area (Å²) in [6.07, 6.45) is -0.795. The maximum Gasteiger partial charge on any atom is 0.407 e. The normalized spacial score (nSPS) is 12.8. The molecule has 9 nitrogen and oxygen atoms in total. The molecular weight excluding hydrogens is 428 g/mol. The number of amides is 2. The van der Waals surface area contributed by atoms with E-state index < -0.39 is 36.4 Å². The first-order valence-electron chi connectivity index (χ1n) is 10.6. The molecular formula is C24H26N2O7. The van der Waals surface area contributed by atoms with E-state index in [-0.39, 0.29) is 31.9 Å². The Labute approximate surface area is 191 Å². The number of alkyl carbamates (subject to hydrolysis) is 1. The van der Waals surface area contributed by atoms with Crippen LogP contribution in [-0.2, 0) is 23.9 Å². The number of hydrogen-bond acceptors (Lipinski definition) is 6. The molecule has 0 radical (unpaired) electrons. The summed E-state index contributed by atoms with van der Waals surface area (Å²) in [5.41, 5.74) is 4.51. The number of methoxy groups -OCH3 is 1. The van der Waals surface area contributed by atoms with Gasteiger partial charge in [0, 0.05) is 18.9 Å². The summed E-state index contributed by atoms with van der Waals surface area (Å²) in [5, 5.41) is 13.9. The highest BCUT2D eigenvalue weighted by Gasteiger charge is 2.29. The van der Waals surface area contributed by atoms with Crippen molar-refractivity contribution < 1.29 is 33.8 Å². The molecule has 0 unspecified atom stereocenters.